The fourth-order valence-electron chi connectivity index (χ4n) is 1.32. The maximum atomic E-state index is 6.03. The molecule has 0 saturated heterocycles. The van der Waals surface area contributed by atoms with Gasteiger partial charge in [-0.15, -0.1) is 0 Å². The van der Waals surface area contributed by atoms with Gasteiger partial charge >= 0.3 is 0 Å². The Balaban J connectivity index is 2.98. The molecule has 0 fully saturated rings. The first-order valence-electron chi connectivity index (χ1n) is 4.84. The second-order valence-corrected chi connectivity index (χ2v) is 3.49. The number of benzene rings is 1. The van der Waals surface area contributed by atoms with Gasteiger partial charge in [0.25, 0.3) is 0 Å². The van der Waals surface area contributed by atoms with E-state index in [9.17, 15) is 0 Å². The first-order valence-corrected chi connectivity index (χ1v) is 5.21. The summed E-state index contributed by atoms with van der Waals surface area (Å²) >= 11 is 6.03. The van der Waals surface area contributed by atoms with Crippen molar-refractivity contribution in [3.05, 3.63) is 22.7 Å². The third kappa shape index (κ3) is 3.01. The van der Waals surface area contributed by atoms with Crippen molar-refractivity contribution in [1.82, 2.24) is 5.32 Å². The fourth-order valence-corrected chi connectivity index (χ4v) is 1.58. The molecule has 0 radical (unpaired) electrons. The van der Waals surface area contributed by atoms with E-state index in [0.717, 1.165) is 24.4 Å². The Morgan fingerprint density at radius 3 is 2.40 bits per heavy atom. The summed E-state index contributed by atoms with van der Waals surface area (Å²) in [7, 11) is 3.22. The van der Waals surface area contributed by atoms with Crippen LogP contribution in [-0.2, 0) is 6.54 Å². The molecule has 1 aromatic rings. The van der Waals surface area contributed by atoms with E-state index in [0.29, 0.717) is 10.8 Å². The Labute approximate surface area is 95.3 Å². The first-order chi connectivity index (χ1) is 7.22. The van der Waals surface area contributed by atoms with E-state index in [-0.39, 0.29) is 0 Å². The molecule has 84 valence electrons. The number of rotatable bonds is 5. The maximum absolute atomic E-state index is 6.03. The predicted octanol–water partition coefficient (Wildman–Crippen LogP) is 2.47. The number of hydrogen-bond acceptors (Lipinski definition) is 3. The van der Waals surface area contributed by atoms with Gasteiger partial charge in [0.15, 0.2) is 0 Å². The zero-order valence-electron chi connectivity index (χ0n) is 9.26. The van der Waals surface area contributed by atoms with Crippen molar-refractivity contribution in [1.29, 1.82) is 0 Å². The molecule has 0 bridgehead atoms. The normalized spacial score (nSPS) is 10.1. The minimum Gasteiger partial charge on any atom is -0.496 e. The summed E-state index contributed by atoms with van der Waals surface area (Å²) < 4.78 is 10.4. The number of ether oxygens (including phenoxy) is 2. The van der Waals surface area contributed by atoms with Crippen LogP contribution in [0, 0.1) is 0 Å². The van der Waals surface area contributed by atoms with Crippen molar-refractivity contribution < 1.29 is 9.47 Å². The zero-order valence-corrected chi connectivity index (χ0v) is 10.0. The van der Waals surface area contributed by atoms with E-state index in [1.807, 2.05) is 6.07 Å². The van der Waals surface area contributed by atoms with Crippen LogP contribution >= 0.6 is 11.6 Å². The van der Waals surface area contributed by atoms with Gasteiger partial charge in [-0.2, -0.15) is 0 Å². The molecule has 0 saturated carbocycles. The summed E-state index contributed by atoms with van der Waals surface area (Å²) in [6.45, 7) is 3.70. The third-order valence-electron chi connectivity index (χ3n) is 2.12. The molecule has 1 aromatic carbocycles. The first kappa shape index (κ1) is 12.1. The molecule has 0 unspecified atom stereocenters. The molecule has 0 aliphatic heterocycles. The third-order valence-corrected chi connectivity index (χ3v) is 2.42. The van der Waals surface area contributed by atoms with Gasteiger partial charge in [0.1, 0.15) is 11.5 Å². The lowest BCUT2D eigenvalue weighted by Gasteiger charge is -2.12. The number of nitrogens with one attached hydrogen (secondary N) is 1. The molecule has 0 aromatic heterocycles. The van der Waals surface area contributed by atoms with Gasteiger partial charge in [0, 0.05) is 18.2 Å². The van der Waals surface area contributed by atoms with Crippen LogP contribution in [0.1, 0.15) is 12.5 Å². The second kappa shape index (κ2) is 5.83. The van der Waals surface area contributed by atoms with Crippen molar-refractivity contribution >= 4 is 11.6 Å². The van der Waals surface area contributed by atoms with E-state index in [1.165, 1.54) is 0 Å². The Morgan fingerprint density at radius 1 is 1.20 bits per heavy atom. The highest BCUT2D eigenvalue weighted by molar-refractivity contribution is 6.32. The Kier molecular flexibility index (Phi) is 4.72. The van der Waals surface area contributed by atoms with Crippen molar-refractivity contribution in [2.75, 3.05) is 20.8 Å². The van der Waals surface area contributed by atoms with Gasteiger partial charge in [-0.1, -0.05) is 18.5 Å². The maximum Gasteiger partial charge on any atom is 0.141 e. The van der Waals surface area contributed by atoms with Crippen LogP contribution in [0.3, 0.4) is 0 Å². The van der Waals surface area contributed by atoms with Crippen LogP contribution in [0.2, 0.25) is 5.02 Å². The van der Waals surface area contributed by atoms with E-state index in [2.05, 4.69) is 12.2 Å². The lowest BCUT2D eigenvalue weighted by Crippen LogP contribution is -2.12. The molecule has 0 heterocycles. The molecule has 1 N–H and O–H groups in total. The lowest BCUT2D eigenvalue weighted by molar-refractivity contribution is 0.390. The molecular formula is C11H16ClNO2. The molecule has 0 amide bonds. The zero-order chi connectivity index (χ0) is 11.3. The van der Waals surface area contributed by atoms with E-state index < -0.39 is 0 Å². The highest BCUT2D eigenvalue weighted by atomic mass is 35.5. The Morgan fingerprint density at radius 2 is 1.87 bits per heavy atom. The minimum absolute atomic E-state index is 0.603. The quantitative estimate of drug-likeness (QED) is 0.842. The molecule has 1 rings (SSSR count). The Bertz CT molecular complexity index is 329. The number of methoxy groups -OCH3 is 2. The largest absolute Gasteiger partial charge is 0.496 e. The van der Waals surface area contributed by atoms with Crippen molar-refractivity contribution in [2.24, 2.45) is 0 Å². The average Bonchev–Trinajstić information content (AvgIpc) is 2.26. The van der Waals surface area contributed by atoms with Gasteiger partial charge in [0.2, 0.25) is 0 Å². The molecule has 0 aliphatic rings. The number of hydrogen-bond donors (Lipinski definition) is 1. The van der Waals surface area contributed by atoms with Crippen LogP contribution in [0.25, 0.3) is 0 Å². The van der Waals surface area contributed by atoms with E-state index in [4.69, 9.17) is 21.1 Å². The summed E-state index contributed by atoms with van der Waals surface area (Å²) in [5.41, 5.74) is 1.03. The summed E-state index contributed by atoms with van der Waals surface area (Å²) in [6, 6.07) is 3.66. The van der Waals surface area contributed by atoms with Crippen LogP contribution < -0.4 is 14.8 Å². The molecule has 3 nitrogen and oxygen atoms in total. The minimum atomic E-state index is 0.603. The Hall–Kier alpha value is -0.930. The molecule has 0 aliphatic carbocycles. The van der Waals surface area contributed by atoms with Crippen LogP contribution in [0.15, 0.2) is 12.1 Å². The average molecular weight is 230 g/mol. The van der Waals surface area contributed by atoms with Gasteiger partial charge < -0.3 is 14.8 Å². The lowest BCUT2D eigenvalue weighted by atomic mass is 10.2. The SMILES string of the molecule is CCNCc1cc(Cl)c(OC)cc1OC. The van der Waals surface area contributed by atoms with E-state index in [1.54, 1.807) is 20.3 Å². The molecule has 0 spiro atoms. The highest BCUT2D eigenvalue weighted by Gasteiger charge is 2.08. The summed E-state index contributed by atoms with van der Waals surface area (Å²) in [5, 5.41) is 3.83. The van der Waals surface area contributed by atoms with Crippen molar-refractivity contribution in [2.45, 2.75) is 13.5 Å². The fraction of sp³-hybridized carbons (Fsp3) is 0.455. The van der Waals surface area contributed by atoms with Gasteiger partial charge in [-0.25, -0.2) is 0 Å². The smallest absolute Gasteiger partial charge is 0.141 e. The molecule has 15 heavy (non-hydrogen) atoms. The monoisotopic (exact) mass is 229 g/mol. The molecule has 4 heteroatoms. The highest BCUT2D eigenvalue weighted by Crippen LogP contribution is 2.32. The van der Waals surface area contributed by atoms with Crippen LogP contribution in [0.5, 0.6) is 11.5 Å². The van der Waals surface area contributed by atoms with Crippen molar-refractivity contribution in [3.63, 3.8) is 0 Å². The van der Waals surface area contributed by atoms with Crippen LogP contribution in [-0.4, -0.2) is 20.8 Å². The summed E-state index contributed by atoms with van der Waals surface area (Å²) in [4.78, 5) is 0. The standard InChI is InChI=1S/C11H16ClNO2/c1-4-13-7-8-5-9(12)11(15-3)6-10(8)14-2/h5-6,13H,4,7H2,1-3H3. The second-order valence-electron chi connectivity index (χ2n) is 3.08. The topological polar surface area (TPSA) is 30.5 Å². The summed E-state index contributed by atoms with van der Waals surface area (Å²) in [6.07, 6.45) is 0. The van der Waals surface area contributed by atoms with Crippen molar-refractivity contribution in [3.8, 4) is 11.5 Å². The van der Waals surface area contributed by atoms with Gasteiger partial charge in [-0.05, 0) is 12.6 Å². The molecule has 0 atom stereocenters. The predicted molar refractivity (Wildman–Crippen MR) is 61.9 cm³/mol. The molecular weight excluding hydrogens is 214 g/mol. The van der Waals surface area contributed by atoms with Crippen LogP contribution in [0.4, 0.5) is 0 Å². The summed E-state index contributed by atoms with van der Waals surface area (Å²) in [5.74, 6) is 1.42. The van der Waals surface area contributed by atoms with Gasteiger partial charge in [0.05, 0.1) is 19.2 Å². The number of halogens is 1. The van der Waals surface area contributed by atoms with Gasteiger partial charge in [-0.3, -0.25) is 0 Å². The van der Waals surface area contributed by atoms with E-state index >= 15 is 0 Å².